The molecule has 2 aliphatic heterocycles. The molecule has 1 saturated heterocycles. The van der Waals surface area contributed by atoms with Gasteiger partial charge in [-0.1, -0.05) is 0 Å². The van der Waals surface area contributed by atoms with E-state index in [-0.39, 0.29) is 10.8 Å². The Bertz CT molecular complexity index is 1020. The van der Waals surface area contributed by atoms with E-state index in [0.717, 1.165) is 18.5 Å². The predicted octanol–water partition coefficient (Wildman–Crippen LogP) is 2.68. The number of rotatable bonds is 6. The Morgan fingerprint density at radius 1 is 0.967 bits per heavy atom. The van der Waals surface area contributed by atoms with Crippen molar-refractivity contribution in [3.8, 4) is 11.5 Å². The van der Waals surface area contributed by atoms with Gasteiger partial charge in [0.05, 0.1) is 4.90 Å². The van der Waals surface area contributed by atoms with Crippen LogP contribution in [0.15, 0.2) is 47.4 Å². The highest BCUT2D eigenvalue weighted by molar-refractivity contribution is 7.89. The maximum atomic E-state index is 12.6. The van der Waals surface area contributed by atoms with Gasteiger partial charge in [0.15, 0.2) is 11.5 Å². The van der Waals surface area contributed by atoms with Crippen LogP contribution in [0.3, 0.4) is 0 Å². The summed E-state index contributed by atoms with van der Waals surface area (Å²) < 4.78 is 37.7. The van der Waals surface area contributed by atoms with Crippen molar-refractivity contribution in [2.75, 3.05) is 36.9 Å². The third-order valence-electron chi connectivity index (χ3n) is 5.14. The predicted molar refractivity (Wildman–Crippen MR) is 114 cm³/mol. The van der Waals surface area contributed by atoms with Crippen LogP contribution in [0.1, 0.15) is 19.8 Å². The fraction of sp³-hybridized carbons (Fsp3) is 0.381. The third kappa shape index (κ3) is 4.36. The first-order valence-corrected chi connectivity index (χ1v) is 11.4. The van der Waals surface area contributed by atoms with Crippen LogP contribution >= 0.6 is 0 Å². The van der Waals surface area contributed by atoms with Gasteiger partial charge < -0.3 is 20.1 Å². The molecule has 1 amide bonds. The molecule has 160 valence electrons. The average Bonchev–Trinajstić information content (AvgIpc) is 3.30. The van der Waals surface area contributed by atoms with Crippen molar-refractivity contribution in [2.24, 2.45) is 0 Å². The molecule has 0 radical (unpaired) electrons. The Balaban J connectivity index is 1.37. The maximum Gasteiger partial charge on any atom is 0.246 e. The molecule has 1 atom stereocenters. The fourth-order valence-corrected chi connectivity index (χ4v) is 5.00. The zero-order chi connectivity index (χ0) is 21.1. The Morgan fingerprint density at radius 3 is 2.30 bits per heavy atom. The molecule has 1 fully saturated rings. The quantitative estimate of drug-likeness (QED) is 0.730. The molecular weight excluding hydrogens is 406 g/mol. The number of carbonyl (C=O) groups is 1. The van der Waals surface area contributed by atoms with Crippen LogP contribution in [-0.4, -0.2) is 51.0 Å². The number of benzene rings is 2. The standard InChI is InChI=1S/C21H25N3O5S/c1-15(22-17-6-9-19-20(14-17)29-13-12-28-19)21(25)23-16-4-7-18(8-5-16)30(26,27)24-10-2-3-11-24/h4-9,14-15,22H,2-3,10-13H2,1H3,(H,23,25)/t15-/m0/s1. The van der Waals surface area contributed by atoms with Crippen molar-refractivity contribution in [1.82, 2.24) is 4.31 Å². The molecule has 9 heteroatoms. The van der Waals surface area contributed by atoms with E-state index in [0.29, 0.717) is 43.5 Å². The summed E-state index contributed by atoms with van der Waals surface area (Å²) in [5, 5.41) is 5.94. The molecule has 0 spiro atoms. The third-order valence-corrected chi connectivity index (χ3v) is 7.06. The summed E-state index contributed by atoms with van der Waals surface area (Å²) in [6.45, 7) is 3.89. The van der Waals surface area contributed by atoms with Gasteiger partial charge in [-0.05, 0) is 56.2 Å². The molecule has 2 aliphatic rings. The summed E-state index contributed by atoms with van der Waals surface area (Å²) >= 11 is 0. The lowest BCUT2D eigenvalue weighted by Gasteiger charge is -2.20. The smallest absolute Gasteiger partial charge is 0.246 e. The summed E-state index contributed by atoms with van der Waals surface area (Å²) in [7, 11) is -3.46. The number of ether oxygens (including phenoxy) is 2. The summed E-state index contributed by atoms with van der Waals surface area (Å²) in [4.78, 5) is 12.8. The lowest BCUT2D eigenvalue weighted by atomic mass is 10.2. The van der Waals surface area contributed by atoms with Crippen molar-refractivity contribution in [3.05, 3.63) is 42.5 Å². The summed E-state index contributed by atoms with van der Waals surface area (Å²) in [5.74, 6) is 1.10. The number of fused-ring (bicyclic) bond motifs is 1. The Hall–Kier alpha value is -2.78. The minimum Gasteiger partial charge on any atom is -0.486 e. The number of sulfonamides is 1. The molecule has 0 unspecified atom stereocenters. The molecule has 0 aliphatic carbocycles. The van der Waals surface area contributed by atoms with Crippen LogP contribution in [-0.2, 0) is 14.8 Å². The molecule has 2 N–H and O–H groups in total. The second-order valence-electron chi connectivity index (χ2n) is 7.35. The van der Waals surface area contributed by atoms with Gasteiger partial charge in [-0.15, -0.1) is 0 Å². The van der Waals surface area contributed by atoms with E-state index in [9.17, 15) is 13.2 Å². The van der Waals surface area contributed by atoms with E-state index in [2.05, 4.69) is 10.6 Å². The summed E-state index contributed by atoms with van der Waals surface area (Å²) in [6.07, 6.45) is 1.78. The highest BCUT2D eigenvalue weighted by Gasteiger charge is 2.27. The van der Waals surface area contributed by atoms with Crippen LogP contribution in [0.2, 0.25) is 0 Å². The van der Waals surface area contributed by atoms with Gasteiger partial charge in [0.2, 0.25) is 15.9 Å². The molecule has 0 bridgehead atoms. The van der Waals surface area contributed by atoms with Gasteiger partial charge in [-0.2, -0.15) is 4.31 Å². The van der Waals surface area contributed by atoms with Gasteiger partial charge in [-0.25, -0.2) is 8.42 Å². The van der Waals surface area contributed by atoms with Crippen molar-refractivity contribution < 1.29 is 22.7 Å². The topological polar surface area (TPSA) is 97.0 Å². The van der Waals surface area contributed by atoms with Crippen LogP contribution in [0, 0.1) is 0 Å². The molecule has 8 nitrogen and oxygen atoms in total. The SMILES string of the molecule is C[C@H](Nc1ccc2c(c1)OCCO2)C(=O)Nc1ccc(S(=O)(=O)N2CCCC2)cc1. The first-order valence-electron chi connectivity index (χ1n) is 10.0. The van der Waals surface area contributed by atoms with E-state index in [1.165, 1.54) is 16.4 Å². The first-order chi connectivity index (χ1) is 14.4. The second kappa shape index (κ2) is 8.53. The molecule has 30 heavy (non-hydrogen) atoms. The Labute approximate surface area is 176 Å². The highest BCUT2D eigenvalue weighted by atomic mass is 32.2. The number of nitrogens with zero attached hydrogens (tertiary/aromatic N) is 1. The molecule has 4 rings (SSSR count). The van der Waals surface area contributed by atoms with E-state index in [1.54, 1.807) is 31.2 Å². The van der Waals surface area contributed by atoms with Gasteiger partial charge in [-0.3, -0.25) is 4.79 Å². The van der Waals surface area contributed by atoms with Crippen LogP contribution < -0.4 is 20.1 Å². The van der Waals surface area contributed by atoms with E-state index >= 15 is 0 Å². The minimum absolute atomic E-state index is 0.236. The lowest BCUT2D eigenvalue weighted by Crippen LogP contribution is -2.32. The summed E-state index contributed by atoms with van der Waals surface area (Å²) in [5.41, 5.74) is 1.28. The molecule has 0 saturated carbocycles. The van der Waals surface area contributed by atoms with Gasteiger partial charge >= 0.3 is 0 Å². The van der Waals surface area contributed by atoms with Crippen LogP contribution in [0.5, 0.6) is 11.5 Å². The number of nitrogens with one attached hydrogen (secondary N) is 2. The fourth-order valence-electron chi connectivity index (χ4n) is 3.49. The monoisotopic (exact) mass is 431 g/mol. The van der Waals surface area contributed by atoms with Crippen molar-refractivity contribution in [3.63, 3.8) is 0 Å². The highest BCUT2D eigenvalue weighted by Crippen LogP contribution is 2.32. The minimum atomic E-state index is -3.46. The van der Waals surface area contributed by atoms with Crippen LogP contribution in [0.25, 0.3) is 0 Å². The normalized spacial score (nSPS) is 17.4. The average molecular weight is 432 g/mol. The molecule has 2 aromatic rings. The lowest BCUT2D eigenvalue weighted by molar-refractivity contribution is -0.116. The van der Waals surface area contributed by atoms with Gasteiger partial charge in [0.25, 0.3) is 0 Å². The number of amides is 1. The number of anilines is 2. The van der Waals surface area contributed by atoms with E-state index in [4.69, 9.17) is 9.47 Å². The van der Waals surface area contributed by atoms with Gasteiger partial charge in [0, 0.05) is 30.5 Å². The zero-order valence-corrected chi connectivity index (χ0v) is 17.6. The maximum absolute atomic E-state index is 12.6. The largest absolute Gasteiger partial charge is 0.486 e. The first kappa shape index (κ1) is 20.5. The van der Waals surface area contributed by atoms with Crippen LogP contribution in [0.4, 0.5) is 11.4 Å². The number of hydrogen-bond donors (Lipinski definition) is 2. The van der Waals surface area contributed by atoms with Gasteiger partial charge in [0.1, 0.15) is 19.3 Å². The summed E-state index contributed by atoms with van der Waals surface area (Å²) in [6, 6.07) is 11.2. The van der Waals surface area contributed by atoms with Crippen molar-refractivity contribution in [2.45, 2.75) is 30.7 Å². The van der Waals surface area contributed by atoms with Crippen molar-refractivity contribution >= 4 is 27.3 Å². The Kier molecular flexibility index (Phi) is 5.83. The van der Waals surface area contributed by atoms with Crippen molar-refractivity contribution in [1.29, 1.82) is 0 Å². The number of hydrogen-bond acceptors (Lipinski definition) is 6. The zero-order valence-electron chi connectivity index (χ0n) is 16.8. The molecule has 2 aromatic carbocycles. The van der Waals surface area contributed by atoms with E-state index < -0.39 is 16.1 Å². The van der Waals surface area contributed by atoms with E-state index in [1.807, 2.05) is 6.07 Å². The molecular formula is C21H25N3O5S. The number of carbonyl (C=O) groups excluding carboxylic acids is 1. The molecule has 2 heterocycles. The second-order valence-corrected chi connectivity index (χ2v) is 9.29. The Morgan fingerprint density at radius 2 is 1.60 bits per heavy atom. The molecule has 0 aromatic heterocycles.